The Labute approximate surface area is 305 Å². The maximum Gasteiger partial charge on any atom is 0.159 e. The van der Waals surface area contributed by atoms with E-state index in [4.69, 9.17) is 4.42 Å². The summed E-state index contributed by atoms with van der Waals surface area (Å²) >= 11 is 1.86. The van der Waals surface area contributed by atoms with Gasteiger partial charge in [0.15, 0.2) is 5.58 Å². The highest BCUT2D eigenvalue weighted by molar-refractivity contribution is 7.25. The number of para-hydroxylation sites is 2. The van der Waals surface area contributed by atoms with Gasteiger partial charge < -0.3 is 9.32 Å². The molecule has 0 saturated carbocycles. The highest BCUT2D eigenvalue weighted by atomic mass is 32.1. The van der Waals surface area contributed by atoms with Crippen molar-refractivity contribution in [2.45, 2.75) is 19.3 Å². The zero-order chi connectivity index (χ0) is 34.6. The van der Waals surface area contributed by atoms with E-state index in [-0.39, 0.29) is 5.41 Å². The van der Waals surface area contributed by atoms with Gasteiger partial charge in [-0.05, 0) is 87.3 Å². The van der Waals surface area contributed by atoms with Crippen molar-refractivity contribution in [3.8, 4) is 22.3 Å². The fraction of sp³-hybridized carbons (Fsp3) is 0.0612. The van der Waals surface area contributed by atoms with E-state index in [0.717, 1.165) is 39.0 Å². The van der Waals surface area contributed by atoms with Crippen LogP contribution in [0.2, 0.25) is 0 Å². The molecule has 0 saturated heterocycles. The molecule has 3 heteroatoms. The summed E-state index contributed by atoms with van der Waals surface area (Å²) in [5, 5.41) is 7.27. The second kappa shape index (κ2) is 10.9. The third-order valence-corrected chi connectivity index (χ3v) is 12.4. The molecule has 246 valence electrons. The normalized spacial score (nSPS) is 13.3. The molecule has 52 heavy (non-hydrogen) atoms. The molecule has 0 aliphatic heterocycles. The van der Waals surface area contributed by atoms with Gasteiger partial charge in [0.05, 0.1) is 11.4 Å². The average Bonchev–Trinajstić information content (AvgIpc) is 3.83. The molecule has 11 rings (SSSR count). The SMILES string of the molecule is CC1(C)c2ccccc2-c2ccc(N(c3ccc(-c4ccc5sc6ccccc6c5c4)c4ccccc34)c3cccc4c3oc3ccccc34)cc21. The third kappa shape index (κ3) is 4.17. The van der Waals surface area contributed by atoms with Crippen LogP contribution in [0.25, 0.3) is 75.1 Å². The van der Waals surface area contributed by atoms with Crippen LogP contribution in [0.5, 0.6) is 0 Å². The van der Waals surface area contributed by atoms with Gasteiger partial charge in [0.25, 0.3) is 0 Å². The zero-order valence-electron chi connectivity index (χ0n) is 28.9. The quantitative estimate of drug-likeness (QED) is 0.184. The Morgan fingerprint density at radius 1 is 0.462 bits per heavy atom. The second-order valence-electron chi connectivity index (χ2n) is 14.5. The lowest BCUT2D eigenvalue weighted by molar-refractivity contribution is 0.660. The van der Waals surface area contributed by atoms with Crippen molar-refractivity contribution in [3.63, 3.8) is 0 Å². The Morgan fingerprint density at radius 3 is 2.06 bits per heavy atom. The van der Waals surface area contributed by atoms with Crippen LogP contribution in [0.3, 0.4) is 0 Å². The number of furan rings is 1. The molecule has 0 fully saturated rings. The summed E-state index contributed by atoms with van der Waals surface area (Å²) in [6.07, 6.45) is 0. The number of anilines is 3. The first-order valence-corrected chi connectivity index (χ1v) is 18.7. The van der Waals surface area contributed by atoms with Crippen molar-refractivity contribution in [3.05, 3.63) is 175 Å². The molecule has 0 spiro atoms. The lowest BCUT2D eigenvalue weighted by Gasteiger charge is -2.29. The number of fused-ring (bicyclic) bond motifs is 10. The monoisotopic (exact) mass is 683 g/mol. The van der Waals surface area contributed by atoms with E-state index in [1.807, 2.05) is 17.4 Å². The minimum absolute atomic E-state index is 0.130. The molecule has 0 bridgehead atoms. The van der Waals surface area contributed by atoms with Gasteiger partial charge in [-0.3, -0.25) is 0 Å². The fourth-order valence-electron chi connectivity index (χ4n) is 8.77. The van der Waals surface area contributed by atoms with Crippen LogP contribution in [0.4, 0.5) is 17.1 Å². The van der Waals surface area contributed by atoms with Crippen LogP contribution in [0.1, 0.15) is 25.0 Å². The van der Waals surface area contributed by atoms with Crippen molar-refractivity contribution >= 4 is 81.3 Å². The van der Waals surface area contributed by atoms with Crippen molar-refractivity contribution in [2.75, 3.05) is 4.90 Å². The molecular formula is C49H33NOS. The van der Waals surface area contributed by atoms with Gasteiger partial charge >= 0.3 is 0 Å². The predicted molar refractivity (Wildman–Crippen MR) is 222 cm³/mol. The lowest BCUT2D eigenvalue weighted by Crippen LogP contribution is -2.16. The fourth-order valence-corrected chi connectivity index (χ4v) is 9.86. The highest BCUT2D eigenvalue weighted by Gasteiger charge is 2.36. The molecule has 2 heterocycles. The molecule has 1 aliphatic rings. The van der Waals surface area contributed by atoms with Crippen LogP contribution in [0, 0.1) is 0 Å². The maximum atomic E-state index is 6.72. The topological polar surface area (TPSA) is 16.4 Å². The molecule has 0 unspecified atom stereocenters. The van der Waals surface area contributed by atoms with Crippen LogP contribution in [0.15, 0.2) is 168 Å². The van der Waals surface area contributed by atoms with Gasteiger partial charge in [-0.15, -0.1) is 11.3 Å². The predicted octanol–water partition coefficient (Wildman–Crippen LogP) is 14.6. The Hall–Kier alpha value is -6.16. The molecule has 8 aromatic carbocycles. The van der Waals surface area contributed by atoms with Crippen LogP contribution in [-0.4, -0.2) is 0 Å². The van der Waals surface area contributed by atoms with Gasteiger partial charge in [-0.2, -0.15) is 0 Å². The summed E-state index contributed by atoms with van der Waals surface area (Å²) in [5.74, 6) is 0. The summed E-state index contributed by atoms with van der Waals surface area (Å²) < 4.78 is 9.37. The number of thiophene rings is 1. The first-order chi connectivity index (χ1) is 25.5. The van der Waals surface area contributed by atoms with Crippen LogP contribution in [-0.2, 0) is 5.41 Å². The maximum absolute atomic E-state index is 6.72. The summed E-state index contributed by atoms with van der Waals surface area (Å²) in [6, 6.07) is 59.9. The Morgan fingerprint density at radius 2 is 1.15 bits per heavy atom. The molecule has 2 aromatic heterocycles. The summed E-state index contributed by atoms with van der Waals surface area (Å²) in [4.78, 5) is 2.42. The van der Waals surface area contributed by atoms with Crippen molar-refractivity contribution in [2.24, 2.45) is 0 Å². The van der Waals surface area contributed by atoms with Gasteiger partial charge in [-0.1, -0.05) is 129 Å². The Balaban J connectivity index is 1.17. The van der Waals surface area contributed by atoms with Crippen molar-refractivity contribution in [1.29, 1.82) is 0 Å². The standard InChI is InChI=1S/C49H33NOS/c1-49(2)41-18-8-5-13-34(41)35-24-23-31(29-42(35)49)50(44-19-11-17-39-37-15-6-9-20-45(37)51-48(39)44)43-26-25-32(33-12-3-4-14-36(33)43)30-22-27-47-40(28-30)38-16-7-10-21-46(38)52-47/h3-29H,1-2H3. The molecule has 10 aromatic rings. The number of benzene rings is 8. The largest absolute Gasteiger partial charge is 0.454 e. The molecule has 0 atom stereocenters. The van der Waals surface area contributed by atoms with E-state index in [0.29, 0.717) is 0 Å². The van der Waals surface area contributed by atoms with Crippen molar-refractivity contribution < 1.29 is 4.42 Å². The second-order valence-corrected chi connectivity index (χ2v) is 15.6. The van der Waals surface area contributed by atoms with Crippen molar-refractivity contribution in [1.82, 2.24) is 0 Å². The first kappa shape index (κ1) is 29.6. The number of nitrogens with zero attached hydrogens (tertiary/aromatic N) is 1. The van der Waals surface area contributed by atoms with E-state index in [9.17, 15) is 0 Å². The number of hydrogen-bond acceptors (Lipinski definition) is 3. The molecule has 0 radical (unpaired) electrons. The number of hydrogen-bond donors (Lipinski definition) is 0. The molecular weight excluding hydrogens is 651 g/mol. The van der Waals surface area contributed by atoms with Gasteiger partial charge in [0, 0.05) is 47.4 Å². The first-order valence-electron chi connectivity index (χ1n) is 17.9. The van der Waals surface area contributed by atoms with E-state index in [2.05, 4.69) is 176 Å². The summed E-state index contributed by atoms with van der Waals surface area (Å²) in [6.45, 7) is 4.70. The molecule has 0 amide bonds. The van der Waals surface area contributed by atoms with E-state index >= 15 is 0 Å². The highest BCUT2D eigenvalue weighted by Crippen LogP contribution is 2.52. The lowest BCUT2D eigenvalue weighted by atomic mass is 9.82. The minimum atomic E-state index is -0.130. The average molecular weight is 684 g/mol. The van der Waals surface area contributed by atoms with E-state index < -0.39 is 0 Å². The smallest absolute Gasteiger partial charge is 0.159 e. The van der Waals surface area contributed by atoms with Gasteiger partial charge in [0.1, 0.15) is 5.58 Å². The summed E-state index contributed by atoms with van der Waals surface area (Å²) in [5.41, 5.74) is 12.7. The molecule has 0 N–H and O–H groups in total. The van der Waals surface area contributed by atoms with Crippen LogP contribution < -0.4 is 4.90 Å². The Bertz CT molecular complexity index is 3070. The minimum Gasteiger partial charge on any atom is -0.454 e. The zero-order valence-corrected chi connectivity index (χ0v) is 29.7. The van der Waals surface area contributed by atoms with Gasteiger partial charge in [-0.25, -0.2) is 0 Å². The summed E-state index contributed by atoms with van der Waals surface area (Å²) in [7, 11) is 0. The third-order valence-electron chi connectivity index (χ3n) is 11.3. The molecule has 1 aliphatic carbocycles. The Kier molecular flexibility index (Phi) is 6.21. The molecule has 2 nitrogen and oxygen atoms in total. The van der Waals surface area contributed by atoms with E-state index in [1.54, 1.807) is 0 Å². The van der Waals surface area contributed by atoms with Crippen LogP contribution >= 0.6 is 11.3 Å². The van der Waals surface area contributed by atoms with E-state index in [1.165, 1.54) is 64.3 Å². The van der Waals surface area contributed by atoms with Gasteiger partial charge in [0.2, 0.25) is 0 Å². The number of rotatable bonds is 4.